The minimum atomic E-state index is -0.468. The van der Waals surface area contributed by atoms with Crippen LogP contribution in [0.2, 0.25) is 10.0 Å². The van der Waals surface area contributed by atoms with Gasteiger partial charge in [0.25, 0.3) is 0 Å². The van der Waals surface area contributed by atoms with Crippen LogP contribution in [0.1, 0.15) is 16.2 Å². The van der Waals surface area contributed by atoms with Gasteiger partial charge in [0.05, 0.1) is 35.7 Å². The fourth-order valence-corrected chi connectivity index (χ4v) is 3.69. The zero-order chi connectivity index (χ0) is 22.4. The average molecular weight is 480 g/mol. The first kappa shape index (κ1) is 22.9. The van der Waals surface area contributed by atoms with Crippen molar-refractivity contribution in [2.24, 2.45) is 7.05 Å². The molecule has 2 N–H and O–H groups in total. The van der Waals surface area contributed by atoms with Gasteiger partial charge < -0.3 is 19.9 Å². The molecular weight excluding hydrogens is 461 g/mol. The second-order valence-electron chi connectivity index (χ2n) is 6.34. The lowest BCUT2D eigenvalue weighted by Crippen LogP contribution is -2.15. The van der Waals surface area contributed by atoms with E-state index in [9.17, 15) is 9.59 Å². The summed E-state index contributed by atoms with van der Waals surface area (Å²) in [7, 11) is 3.12. The third-order valence-corrected chi connectivity index (χ3v) is 5.78. The van der Waals surface area contributed by atoms with E-state index in [1.165, 1.54) is 18.9 Å². The molecule has 0 aliphatic rings. The molecule has 162 valence electrons. The molecule has 1 amide bonds. The normalized spacial score (nSPS) is 10.6. The summed E-state index contributed by atoms with van der Waals surface area (Å²) in [6.45, 7) is 0.386. The first-order valence-corrected chi connectivity index (χ1v) is 10.8. The number of ether oxygens (including phenoxy) is 1. The molecule has 0 spiro atoms. The topological polar surface area (TPSA) is 98.1 Å². The van der Waals surface area contributed by atoms with Crippen molar-refractivity contribution in [3.63, 3.8) is 0 Å². The third kappa shape index (κ3) is 6.13. The Labute approximate surface area is 193 Å². The number of methoxy groups -OCH3 is 1. The van der Waals surface area contributed by atoms with Gasteiger partial charge in [-0.2, -0.15) is 0 Å². The van der Waals surface area contributed by atoms with Crippen LogP contribution in [-0.4, -0.2) is 39.5 Å². The number of nitrogens with one attached hydrogen (secondary N) is 2. The molecule has 2 aromatic carbocycles. The standard InChI is InChI=1S/C20H19Cl2N5O3S/c1-27-17(10-23-16-9-13(21)6-7-15(16)22)25-26-20(27)31-11-18(28)24-14-5-3-4-12(8-14)19(29)30-2/h3-9,23H,10-11H2,1-2H3,(H,24,28). The van der Waals surface area contributed by atoms with E-state index < -0.39 is 5.97 Å². The Morgan fingerprint density at radius 2 is 1.97 bits per heavy atom. The summed E-state index contributed by atoms with van der Waals surface area (Å²) in [5, 5.41) is 15.9. The Bertz CT molecular complexity index is 1110. The van der Waals surface area contributed by atoms with Gasteiger partial charge in [0, 0.05) is 17.8 Å². The van der Waals surface area contributed by atoms with Crippen LogP contribution < -0.4 is 10.6 Å². The SMILES string of the molecule is COC(=O)c1cccc(NC(=O)CSc2nnc(CNc3cc(Cl)ccc3Cl)n2C)c1. The number of hydrogen-bond donors (Lipinski definition) is 2. The van der Waals surface area contributed by atoms with Crippen molar-refractivity contribution in [3.8, 4) is 0 Å². The number of halogens is 2. The van der Waals surface area contributed by atoms with Crippen LogP contribution in [0.5, 0.6) is 0 Å². The summed E-state index contributed by atoms with van der Waals surface area (Å²) in [6, 6.07) is 11.7. The van der Waals surface area contributed by atoms with E-state index >= 15 is 0 Å². The number of hydrogen-bond acceptors (Lipinski definition) is 7. The predicted octanol–water partition coefficient (Wildman–Crippen LogP) is 4.25. The second kappa shape index (κ2) is 10.5. The van der Waals surface area contributed by atoms with Gasteiger partial charge in [-0.3, -0.25) is 4.79 Å². The number of carbonyl (C=O) groups excluding carboxylic acids is 2. The first-order valence-electron chi connectivity index (χ1n) is 9.05. The fraction of sp³-hybridized carbons (Fsp3) is 0.200. The summed E-state index contributed by atoms with van der Waals surface area (Å²) >= 11 is 13.4. The number of rotatable bonds is 8. The smallest absolute Gasteiger partial charge is 0.337 e. The van der Waals surface area contributed by atoms with Crippen LogP contribution >= 0.6 is 35.0 Å². The Morgan fingerprint density at radius 3 is 2.74 bits per heavy atom. The summed E-state index contributed by atoms with van der Waals surface area (Å²) in [4.78, 5) is 23.9. The molecule has 3 aromatic rings. The Kier molecular flexibility index (Phi) is 7.78. The zero-order valence-electron chi connectivity index (χ0n) is 16.7. The minimum Gasteiger partial charge on any atom is -0.465 e. The largest absolute Gasteiger partial charge is 0.465 e. The number of amides is 1. The van der Waals surface area contributed by atoms with Crippen molar-refractivity contribution >= 4 is 58.2 Å². The Balaban J connectivity index is 1.55. The zero-order valence-corrected chi connectivity index (χ0v) is 19.0. The maximum Gasteiger partial charge on any atom is 0.337 e. The van der Waals surface area contributed by atoms with Crippen molar-refractivity contribution in [1.29, 1.82) is 0 Å². The first-order chi connectivity index (χ1) is 14.9. The molecular formula is C20H19Cl2N5O3S. The van der Waals surface area contributed by atoms with E-state index in [2.05, 4.69) is 25.6 Å². The van der Waals surface area contributed by atoms with E-state index in [1.807, 2.05) is 7.05 Å². The lowest BCUT2D eigenvalue weighted by molar-refractivity contribution is -0.113. The highest BCUT2D eigenvalue weighted by Gasteiger charge is 2.13. The maximum atomic E-state index is 12.3. The molecule has 0 bridgehead atoms. The highest BCUT2D eigenvalue weighted by atomic mass is 35.5. The molecule has 31 heavy (non-hydrogen) atoms. The van der Waals surface area contributed by atoms with E-state index in [0.29, 0.717) is 44.5 Å². The summed E-state index contributed by atoms with van der Waals surface area (Å²) < 4.78 is 6.48. The van der Waals surface area contributed by atoms with Gasteiger partial charge in [-0.1, -0.05) is 41.0 Å². The molecule has 3 rings (SSSR count). The molecule has 0 fully saturated rings. The third-order valence-electron chi connectivity index (χ3n) is 4.19. The quantitative estimate of drug-likeness (QED) is 0.367. The van der Waals surface area contributed by atoms with Crippen LogP contribution in [0, 0.1) is 0 Å². The lowest BCUT2D eigenvalue weighted by Gasteiger charge is -2.09. The van der Waals surface area contributed by atoms with E-state index in [-0.39, 0.29) is 11.7 Å². The van der Waals surface area contributed by atoms with Gasteiger partial charge in [-0.15, -0.1) is 10.2 Å². The summed E-state index contributed by atoms with van der Waals surface area (Å²) in [5.74, 6) is 0.0944. The van der Waals surface area contributed by atoms with Gasteiger partial charge >= 0.3 is 5.97 Å². The van der Waals surface area contributed by atoms with Gasteiger partial charge in [0.15, 0.2) is 11.0 Å². The molecule has 0 aliphatic heterocycles. The van der Waals surface area contributed by atoms with Gasteiger partial charge in [0.1, 0.15) is 0 Å². The average Bonchev–Trinajstić information content (AvgIpc) is 3.12. The number of anilines is 2. The molecule has 1 heterocycles. The number of esters is 1. The van der Waals surface area contributed by atoms with Gasteiger partial charge in [0.2, 0.25) is 5.91 Å². The van der Waals surface area contributed by atoms with Gasteiger partial charge in [-0.25, -0.2) is 4.79 Å². The van der Waals surface area contributed by atoms with Gasteiger partial charge in [-0.05, 0) is 36.4 Å². The van der Waals surface area contributed by atoms with E-state index in [4.69, 9.17) is 23.2 Å². The molecule has 0 atom stereocenters. The van der Waals surface area contributed by atoms with Crippen LogP contribution in [0.25, 0.3) is 0 Å². The minimum absolute atomic E-state index is 0.127. The number of aromatic nitrogens is 3. The summed E-state index contributed by atoms with van der Waals surface area (Å²) in [6.07, 6.45) is 0. The van der Waals surface area contributed by atoms with Crippen LogP contribution in [0.15, 0.2) is 47.6 Å². The van der Waals surface area contributed by atoms with Crippen LogP contribution in [0.4, 0.5) is 11.4 Å². The molecule has 8 nitrogen and oxygen atoms in total. The Hall–Kier alpha value is -2.75. The molecule has 0 saturated carbocycles. The molecule has 0 unspecified atom stereocenters. The van der Waals surface area contributed by atoms with E-state index in [0.717, 1.165) is 0 Å². The predicted molar refractivity (Wildman–Crippen MR) is 122 cm³/mol. The van der Waals surface area contributed by atoms with Crippen molar-refractivity contribution in [1.82, 2.24) is 14.8 Å². The summed E-state index contributed by atoms with van der Waals surface area (Å²) in [5.41, 5.74) is 1.56. The highest BCUT2D eigenvalue weighted by molar-refractivity contribution is 7.99. The highest BCUT2D eigenvalue weighted by Crippen LogP contribution is 2.26. The number of thioether (sulfide) groups is 1. The fourth-order valence-electron chi connectivity index (χ4n) is 2.60. The Morgan fingerprint density at radius 1 is 1.16 bits per heavy atom. The number of nitrogens with zero attached hydrogens (tertiary/aromatic N) is 3. The molecule has 0 aliphatic carbocycles. The molecule has 0 radical (unpaired) electrons. The van der Waals surface area contributed by atoms with Crippen molar-refractivity contribution in [2.75, 3.05) is 23.5 Å². The van der Waals surface area contributed by atoms with E-state index in [1.54, 1.807) is 47.0 Å². The van der Waals surface area contributed by atoms with Crippen LogP contribution in [0.3, 0.4) is 0 Å². The molecule has 1 aromatic heterocycles. The number of benzene rings is 2. The lowest BCUT2D eigenvalue weighted by atomic mass is 10.2. The maximum absolute atomic E-state index is 12.3. The van der Waals surface area contributed by atoms with Crippen LogP contribution in [-0.2, 0) is 23.1 Å². The van der Waals surface area contributed by atoms with Crippen molar-refractivity contribution in [3.05, 3.63) is 63.9 Å². The van der Waals surface area contributed by atoms with Crippen molar-refractivity contribution < 1.29 is 14.3 Å². The molecule has 0 saturated heterocycles. The molecule has 11 heteroatoms. The number of carbonyl (C=O) groups is 2. The van der Waals surface area contributed by atoms with Crippen molar-refractivity contribution in [2.45, 2.75) is 11.7 Å². The second-order valence-corrected chi connectivity index (χ2v) is 8.13. The monoisotopic (exact) mass is 479 g/mol.